The number of anilines is 1. The van der Waals surface area contributed by atoms with Gasteiger partial charge in [0, 0.05) is 9.26 Å². The fraction of sp³-hybridized carbons (Fsp3) is 0.385. The van der Waals surface area contributed by atoms with E-state index in [9.17, 15) is 9.59 Å². The number of hydrogen-bond donors (Lipinski definition) is 2. The summed E-state index contributed by atoms with van der Waals surface area (Å²) in [5, 5.41) is 11.5. The highest BCUT2D eigenvalue weighted by molar-refractivity contribution is 14.1. The summed E-state index contributed by atoms with van der Waals surface area (Å²) in [5.41, 5.74) is 0.720. The fourth-order valence-corrected chi connectivity index (χ4v) is 2.02. The van der Waals surface area contributed by atoms with Gasteiger partial charge in [0.05, 0.1) is 13.1 Å². The van der Waals surface area contributed by atoms with Crippen LogP contribution in [0, 0.1) is 3.57 Å². The maximum atomic E-state index is 11.8. The molecule has 1 rings (SSSR count). The van der Waals surface area contributed by atoms with Gasteiger partial charge in [-0.05, 0) is 59.8 Å². The number of amides is 1. The lowest BCUT2D eigenvalue weighted by atomic mass is 10.3. The van der Waals surface area contributed by atoms with Crippen LogP contribution < -0.4 is 5.32 Å². The first-order chi connectivity index (χ1) is 9.01. The minimum atomic E-state index is -0.921. The second kappa shape index (κ2) is 8.11. The van der Waals surface area contributed by atoms with Crippen molar-refractivity contribution in [3.63, 3.8) is 0 Å². The summed E-state index contributed by atoms with van der Waals surface area (Å²) in [6, 6.07) is 7.44. The largest absolute Gasteiger partial charge is 0.480 e. The Hall–Kier alpha value is -1.15. The number of carbonyl (C=O) groups excluding carboxylic acids is 1. The summed E-state index contributed by atoms with van der Waals surface area (Å²) in [4.78, 5) is 24.1. The van der Waals surface area contributed by atoms with Gasteiger partial charge in [0.1, 0.15) is 0 Å². The number of rotatable bonds is 7. The predicted octanol–water partition coefficient (Wildman–Crippen LogP) is 2.03. The number of nitrogens with zero attached hydrogens (tertiary/aromatic N) is 1. The van der Waals surface area contributed by atoms with Gasteiger partial charge in [-0.2, -0.15) is 0 Å². The van der Waals surface area contributed by atoms with Gasteiger partial charge in [-0.3, -0.25) is 14.5 Å². The summed E-state index contributed by atoms with van der Waals surface area (Å²) in [6.07, 6.45) is 0.810. The Morgan fingerprint density at radius 3 is 2.42 bits per heavy atom. The molecule has 0 aliphatic rings. The standard InChI is InChI=1S/C13H17IN2O3/c1-2-7-16(9-13(18)19)8-12(17)15-11-5-3-10(14)4-6-11/h3-6H,2,7-9H2,1H3,(H,15,17)(H,18,19). The molecule has 6 heteroatoms. The number of benzene rings is 1. The lowest BCUT2D eigenvalue weighted by Crippen LogP contribution is -2.37. The predicted molar refractivity (Wildman–Crippen MR) is 82.2 cm³/mol. The third-order valence-corrected chi connectivity index (χ3v) is 3.11. The van der Waals surface area contributed by atoms with E-state index in [0.717, 1.165) is 15.7 Å². The smallest absolute Gasteiger partial charge is 0.317 e. The van der Waals surface area contributed by atoms with Crippen molar-refractivity contribution in [1.82, 2.24) is 4.90 Å². The molecule has 0 aliphatic heterocycles. The Morgan fingerprint density at radius 2 is 1.89 bits per heavy atom. The molecule has 0 atom stereocenters. The number of aliphatic carboxylic acids is 1. The van der Waals surface area contributed by atoms with Crippen LogP contribution >= 0.6 is 22.6 Å². The summed E-state index contributed by atoms with van der Waals surface area (Å²) in [7, 11) is 0. The van der Waals surface area contributed by atoms with Crippen molar-refractivity contribution < 1.29 is 14.7 Å². The summed E-state index contributed by atoms with van der Waals surface area (Å²) < 4.78 is 1.09. The van der Waals surface area contributed by atoms with Crippen LogP contribution in [0.15, 0.2) is 24.3 Å². The third kappa shape index (κ3) is 6.53. The summed E-state index contributed by atoms with van der Waals surface area (Å²) >= 11 is 2.19. The van der Waals surface area contributed by atoms with Crippen LogP contribution in [0.3, 0.4) is 0 Å². The molecule has 2 N–H and O–H groups in total. The van der Waals surface area contributed by atoms with Crippen molar-refractivity contribution in [3.05, 3.63) is 27.8 Å². The SMILES string of the molecule is CCCN(CC(=O)O)CC(=O)Nc1ccc(I)cc1. The maximum absolute atomic E-state index is 11.8. The first-order valence-electron chi connectivity index (χ1n) is 6.01. The molecule has 0 aromatic heterocycles. The minimum Gasteiger partial charge on any atom is -0.480 e. The van der Waals surface area contributed by atoms with E-state index in [4.69, 9.17) is 5.11 Å². The monoisotopic (exact) mass is 376 g/mol. The van der Waals surface area contributed by atoms with E-state index in [1.54, 1.807) is 4.90 Å². The summed E-state index contributed by atoms with van der Waals surface area (Å²) in [6.45, 7) is 2.51. The molecule has 1 amide bonds. The van der Waals surface area contributed by atoms with E-state index in [1.165, 1.54) is 0 Å². The number of carbonyl (C=O) groups is 2. The van der Waals surface area contributed by atoms with Crippen LogP contribution in [0.1, 0.15) is 13.3 Å². The van der Waals surface area contributed by atoms with E-state index in [-0.39, 0.29) is 19.0 Å². The van der Waals surface area contributed by atoms with Gasteiger partial charge in [0.2, 0.25) is 5.91 Å². The third-order valence-electron chi connectivity index (χ3n) is 2.39. The van der Waals surface area contributed by atoms with Crippen LogP contribution in [-0.4, -0.2) is 41.5 Å². The van der Waals surface area contributed by atoms with E-state index in [2.05, 4.69) is 27.9 Å². The number of carboxylic acids is 1. The Morgan fingerprint density at radius 1 is 1.26 bits per heavy atom. The van der Waals surface area contributed by atoms with Gasteiger partial charge in [-0.1, -0.05) is 6.92 Å². The van der Waals surface area contributed by atoms with Crippen molar-refractivity contribution >= 4 is 40.2 Å². The molecule has 0 bridgehead atoms. The zero-order valence-corrected chi connectivity index (χ0v) is 12.9. The van der Waals surface area contributed by atoms with Crippen LogP contribution in [-0.2, 0) is 9.59 Å². The molecular weight excluding hydrogens is 359 g/mol. The van der Waals surface area contributed by atoms with E-state index >= 15 is 0 Å². The molecule has 0 aliphatic carbocycles. The van der Waals surface area contributed by atoms with E-state index in [1.807, 2.05) is 31.2 Å². The molecule has 1 aromatic rings. The fourth-order valence-electron chi connectivity index (χ4n) is 1.66. The maximum Gasteiger partial charge on any atom is 0.317 e. The Balaban J connectivity index is 2.52. The van der Waals surface area contributed by atoms with Gasteiger partial charge >= 0.3 is 5.97 Å². The van der Waals surface area contributed by atoms with Crippen LogP contribution in [0.25, 0.3) is 0 Å². The van der Waals surface area contributed by atoms with Gasteiger partial charge in [0.25, 0.3) is 0 Å². The van der Waals surface area contributed by atoms with Crippen molar-refractivity contribution in [2.45, 2.75) is 13.3 Å². The van der Waals surface area contributed by atoms with Crippen molar-refractivity contribution in [2.24, 2.45) is 0 Å². The van der Waals surface area contributed by atoms with E-state index in [0.29, 0.717) is 6.54 Å². The Labute approximate surface area is 126 Å². The first-order valence-corrected chi connectivity index (χ1v) is 7.08. The molecule has 0 saturated heterocycles. The van der Waals surface area contributed by atoms with Crippen LogP contribution in [0.4, 0.5) is 5.69 Å². The molecule has 0 spiro atoms. The Kier molecular flexibility index (Phi) is 6.79. The number of hydrogen-bond acceptors (Lipinski definition) is 3. The normalized spacial score (nSPS) is 10.5. The molecule has 0 fully saturated rings. The van der Waals surface area contributed by atoms with Crippen molar-refractivity contribution in [1.29, 1.82) is 0 Å². The van der Waals surface area contributed by atoms with Gasteiger partial charge in [0.15, 0.2) is 0 Å². The van der Waals surface area contributed by atoms with Crippen LogP contribution in [0.2, 0.25) is 0 Å². The zero-order chi connectivity index (χ0) is 14.3. The van der Waals surface area contributed by atoms with E-state index < -0.39 is 5.97 Å². The molecular formula is C13H17IN2O3. The molecule has 19 heavy (non-hydrogen) atoms. The number of carboxylic acid groups (broad SMARTS) is 1. The second-order valence-electron chi connectivity index (χ2n) is 4.16. The molecule has 1 aromatic carbocycles. The highest BCUT2D eigenvalue weighted by Gasteiger charge is 2.13. The average Bonchev–Trinajstić information content (AvgIpc) is 2.31. The molecule has 0 heterocycles. The number of nitrogens with one attached hydrogen (secondary N) is 1. The van der Waals surface area contributed by atoms with Gasteiger partial charge in [-0.25, -0.2) is 0 Å². The Bertz CT molecular complexity index is 434. The molecule has 0 radical (unpaired) electrons. The summed E-state index contributed by atoms with van der Waals surface area (Å²) in [5.74, 6) is -1.12. The van der Waals surface area contributed by atoms with Crippen LogP contribution in [0.5, 0.6) is 0 Å². The van der Waals surface area contributed by atoms with Crippen molar-refractivity contribution in [3.8, 4) is 0 Å². The lowest BCUT2D eigenvalue weighted by Gasteiger charge is -2.18. The minimum absolute atomic E-state index is 0.0894. The molecule has 104 valence electrons. The van der Waals surface area contributed by atoms with Gasteiger partial charge < -0.3 is 10.4 Å². The van der Waals surface area contributed by atoms with Crippen molar-refractivity contribution in [2.75, 3.05) is 25.0 Å². The second-order valence-corrected chi connectivity index (χ2v) is 5.41. The molecule has 5 nitrogen and oxygen atoms in total. The lowest BCUT2D eigenvalue weighted by molar-refractivity contribution is -0.138. The average molecular weight is 376 g/mol. The number of halogens is 1. The topological polar surface area (TPSA) is 69.6 Å². The highest BCUT2D eigenvalue weighted by atomic mass is 127. The highest BCUT2D eigenvalue weighted by Crippen LogP contribution is 2.11. The molecule has 0 saturated carbocycles. The molecule has 0 unspecified atom stereocenters. The van der Waals surface area contributed by atoms with Gasteiger partial charge in [-0.15, -0.1) is 0 Å². The zero-order valence-electron chi connectivity index (χ0n) is 10.7. The first kappa shape index (κ1) is 15.9. The quantitative estimate of drug-likeness (QED) is 0.715.